The predicted octanol–water partition coefficient (Wildman–Crippen LogP) is 2.72. The van der Waals surface area contributed by atoms with Crippen LogP contribution in [0.5, 0.6) is 0 Å². The number of nitrogens with one attached hydrogen (secondary N) is 1. The molecule has 1 heterocycles. The number of carbonyl (C=O) groups is 1. The second kappa shape index (κ2) is 5.74. The van der Waals surface area contributed by atoms with Crippen LogP contribution >= 0.6 is 0 Å². The average molecular weight is 261 g/mol. The number of aliphatic carboxylic acids is 1. The van der Waals surface area contributed by atoms with Crippen molar-refractivity contribution in [1.82, 2.24) is 5.32 Å². The lowest BCUT2D eigenvalue weighted by Gasteiger charge is -2.19. The highest BCUT2D eigenvalue weighted by Gasteiger charge is 2.34. The van der Waals surface area contributed by atoms with Gasteiger partial charge in [-0.2, -0.15) is 0 Å². The highest BCUT2D eigenvalue weighted by molar-refractivity contribution is 5.75. The number of rotatable bonds is 4. The fraction of sp³-hybridized carbons (Fsp3) is 0.562. The molecule has 0 bridgehead atoms. The summed E-state index contributed by atoms with van der Waals surface area (Å²) in [5.74, 6) is 0.00363. The summed E-state index contributed by atoms with van der Waals surface area (Å²) in [7, 11) is 0. The van der Waals surface area contributed by atoms with Gasteiger partial charge in [0.05, 0.1) is 0 Å². The zero-order chi connectivity index (χ0) is 14.0. The van der Waals surface area contributed by atoms with Gasteiger partial charge in [-0.25, -0.2) is 0 Å². The smallest absolute Gasteiger partial charge is 0.321 e. The number of carboxylic acids is 1. The molecule has 1 saturated heterocycles. The van der Waals surface area contributed by atoms with E-state index in [1.165, 1.54) is 16.7 Å². The van der Waals surface area contributed by atoms with Gasteiger partial charge in [0.25, 0.3) is 0 Å². The molecule has 0 saturated carbocycles. The molecule has 19 heavy (non-hydrogen) atoms. The first-order chi connectivity index (χ1) is 8.99. The maximum absolute atomic E-state index is 11.2. The first-order valence-corrected chi connectivity index (χ1v) is 7.04. The van der Waals surface area contributed by atoms with E-state index < -0.39 is 12.0 Å². The van der Waals surface area contributed by atoms with Gasteiger partial charge in [-0.3, -0.25) is 4.79 Å². The standard InChI is InChI=1S/C16H23NO2/c1-10(2)8-12-4-5-13(11(3)9-12)14-6-7-17-15(14)16(18)19/h4-5,9-10,14-15,17H,6-8H2,1-3H3,(H,18,19)/t14?,15-/m0/s1. The van der Waals surface area contributed by atoms with E-state index in [9.17, 15) is 9.90 Å². The van der Waals surface area contributed by atoms with Gasteiger partial charge in [0, 0.05) is 5.92 Å². The molecule has 0 radical (unpaired) electrons. The molecule has 1 aliphatic rings. The molecule has 2 atom stereocenters. The van der Waals surface area contributed by atoms with Crippen molar-refractivity contribution in [3.8, 4) is 0 Å². The van der Waals surface area contributed by atoms with Gasteiger partial charge >= 0.3 is 5.97 Å². The van der Waals surface area contributed by atoms with Gasteiger partial charge in [0.2, 0.25) is 0 Å². The zero-order valence-corrected chi connectivity index (χ0v) is 11.9. The van der Waals surface area contributed by atoms with Crippen molar-refractivity contribution in [2.75, 3.05) is 6.54 Å². The lowest BCUT2D eigenvalue weighted by atomic mass is 9.87. The molecule has 0 aromatic heterocycles. The molecule has 2 N–H and O–H groups in total. The van der Waals surface area contributed by atoms with Crippen molar-refractivity contribution in [3.05, 3.63) is 34.9 Å². The van der Waals surface area contributed by atoms with E-state index in [0.717, 1.165) is 19.4 Å². The first-order valence-electron chi connectivity index (χ1n) is 7.04. The number of aryl methyl sites for hydroxylation is 1. The summed E-state index contributed by atoms with van der Waals surface area (Å²) < 4.78 is 0. The third-order valence-electron chi connectivity index (χ3n) is 3.87. The molecule has 1 aromatic rings. The predicted molar refractivity (Wildman–Crippen MR) is 76.5 cm³/mol. The Morgan fingerprint density at radius 2 is 2.21 bits per heavy atom. The van der Waals surface area contributed by atoms with Crippen LogP contribution in [-0.2, 0) is 11.2 Å². The SMILES string of the molecule is Cc1cc(CC(C)C)ccc1C1CCN[C@@H]1C(=O)O. The molecular formula is C16H23NO2. The number of hydrogen-bond donors (Lipinski definition) is 2. The summed E-state index contributed by atoms with van der Waals surface area (Å²) >= 11 is 0. The average Bonchev–Trinajstić information content (AvgIpc) is 2.77. The minimum Gasteiger partial charge on any atom is -0.480 e. The second-order valence-corrected chi connectivity index (χ2v) is 5.95. The van der Waals surface area contributed by atoms with Crippen molar-refractivity contribution < 1.29 is 9.90 Å². The van der Waals surface area contributed by atoms with Crippen molar-refractivity contribution in [3.63, 3.8) is 0 Å². The molecule has 0 aliphatic carbocycles. The lowest BCUT2D eigenvalue weighted by molar-refractivity contribution is -0.139. The van der Waals surface area contributed by atoms with Gasteiger partial charge in [-0.15, -0.1) is 0 Å². The summed E-state index contributed by atoms with van der Waals surface area (Å²) in [6, 6.07) is 6.06. The first kappa shape index (κ1) is 14.1. The maximum atomic E-state index is 11.2. The summed E-state index contributed by atoms with van der Waals surface area (Å²) in [6.45, 7) is 7.31. The van der Waals surface area contributed by atoms with Crippen LogP contribution in [0.25, 0.3) is 0 Å². The molecule has 1 aliphatic heterocycles. The molecule has 3 nitrogen and oxygen atoms in total. The summed E-state index contributed by atoms with van der Waals surface area (Å²) in [5.41, 5.74) is 3.75. The normalized spacial score (nSPS) is 22.9. The van der Waals surface area contributed by atoms with E-state index in [2.05, 4.69) is 44.3 Å². The van der Waals surface area contributed by atoms with Crippen LogP contribution in [0.15, 0.2) is 18.2 Å². The monoisotopic (exact) mass is 261 g/mol. The zero-order valence-electron chi connectivity index (χ0n) is 11.9. The van der Waals surface area contributed by atoms with E-state index in [1.54, 1.807) is 0 Å². The van der Waals surface area contributed by atoms with E-state index in [4.69, 9.17) is 0 Å². The third-order valence-corrected chi connectivity index (χ3v) is 3.87. The van der Waals surface area contributed by atoms with Crippen molar-refractivity contribution in [1.29, 1.82) is 0 Å². The van der Waals surface area contributed by atoms with Crippen LogP contribution in [0.4, 0.5) is 0 Å². The third kappa shape index (κ3) is 3.16. The molecule has 104 valence electrons. The molecule has 1 aromatic carbocycles. The fourth-order valence-corrected chi connectivity index (χ4v) is 3.05. The quantitative estimate of drug-likeness (QED) is 0.876. The van der Waals surface area contributed by atoms with Crippen LogP contribution in [0.2, 0.25) is 0 Å². The maximum Gasteiger partial charge on any atom is 0.321 e. The molecular weight excluding hydrogens is 238 g/mol. The molecule has 1 fully saturated rings. The Hall–Kier alpha value is -1.35. The Kier molecular flexibility index (Phi) is 4.25. The van der Waals surface area contributed by atoms with Crippen molar-refractivity contribution >= 4 is 5.97 Å². The minimum absolute atomic E-state index is 0.102. The molecule has 2 rings (SSSR count). The molecule has 0 amide bonds. The van der Waals surface area contributed by atoms with Crippen LogP contribution in [0.3, 0.4) is 0 Å². The Morgan fingerprint density at radius 1 is 1.47 bits per heavy atom. The van der Waals surface area contributed by atoms with Crippen molar-refractivity contribution in [2.24, 2.45) is 5.92 Å². The van der Waals surface area contributed by atoms with Crippen LogP contribution < -0.4 is 5.32 Å². The second-order valence-electron chi connectivity index (χ2n) is 5.95. The summed E-state index contributed by atoms with van der Waals surface area (Å²) in [6.07, 6.45) is 1.98. The van der Waals surface area contributed by atoms with Gasteiger partial charge in [0.1, 0.15) is 6.04 Å². The molecule has 3 heteroatoms. The molecule has 1 unspecified atom stereocenters. The van der Waals surface area contributed by atoms with Gasteiger partial charge in [0.15, 0.2) is 0 Å². The Bertz CT molecular complexity index is 468. The van der Waals surface area contributed by atoms with Crippen LogP contribution in [-0.4, -0.2) is 23.7 Å². The number of benzene rings is 1. The Morgan fingerprint density at radius 3 is 2.79 bits per heavy atom. The van der Waals surface area contributed by atoms with E-state index in [0.29, 0.717) is 5.92 Å². The van der Waals surface area contributed by atoms with Crippen LogP contribution in [0, 0.1) is 12.8 Å². The Labute approximate surface area is 115 Å². The largest absolute Gasteiger partial charge is 0.480 e. The van der Waals surface area contributed by atoms with Crippen LogP contribution in [0.1, 0.15) is 42.9 Å². The van der Waals surface area contributed by atoms with Gasteiger partial charge < -0.3 is 10.4 Å². The van der Waals surface area contributed by atoms with Gasteiger partial charge in [-0.05, 0) is 48.9 Å². The minimum atomic E-state index is -0.742. The molecule has 0 spiro atoms. The number of carboxylic acid groups (broad SMARTS) is 1. The van der Waals surface area contributed by atoms with E-state index in [1.807, 2.05) is 0 Å². The van der Waals surface area contributed by atoms with Crippen molar-refractivity contribution in [2.45, 2.75) is 45.6 Å². The van der Waals surface area contributed by atoms with E-state index >= 15 is 0 Å². The summed E-state index contributed by atoms with van der Waals surface area (Å²) in [4.78, 5) is 11.2. The fourth-order valence-electron chi connectivity index (χ4n) is 3.05. The topological polar surface area (TPSA) is 49.3 Å². The number of hydrogen-bond acceptors (Lipinski definition) is 2. The lowest BCUT2D eigenvalue weighted by Crippen LogP contribution is -2.34. The highest BCUT2D eigenvalue weighted by Crippen LogP contribution is 2.31. The highest BCUT2D eigenvalue weighted by atomic mass is 16.4. The summed E-state index contributed by atoms with van der Waals surface area (Å²) in [5, 5.41) is 12.3. The van der Waals surface area contributed by atoms with Gasteiger partial charge in [-0.1, -0.05) is 32.0 Å². The van der Waals surface area contributed by atoms with E-state index in [-0.39, 0.29) is 5.92 Å². The Balaban J connectivity index is 2.23.